The number of anilines is 1. The Kier molecular flexibility index (Phi) is 3.00. The fourth-order valence-electron chi connectivity index (χ4n) is 3.93. The fraction of sp³-hybridized carbons (Fsp3) is 0.368. The molecule has 27 heavy (non-hydrogen) atoms. The first-order valence-corrected chi connectivity index (χ1v) is 9.35. The summed E-state index contributed by atoms with van der Waals surface area (Å²) in [4.78, 5) is 10.0. The predicted molar refractivity (Wildman–Crippen MR) is 97.7 cm³/mol. The number of hydrogen-bond acceptors (Lipinski definition) is 6. The summed E-state index contributed by atoms with van der Waals surface area (Å²) < 4.78 is 7.99. The monoisotopic (exact) mass is 361 g/mol. The third kappa shape index (κ3) is 2.29. The van der Waals surface area contributed by atoms with E-state index in [4.69, 9.17) is 9.52 Å². The minimum Gasteiger partial charge on any atom is -0.408 e. The van der Waals surface area contributed by atoms with E-state index >= 15 is 0 Å². The van der Waals surface area contributed by atoms with E-state index in [1.165, 1.54) is 0 Å². The average molecular weight is 361 g/mol. The molecular weight excluding hydrogens is 342 g/mol. The number of imidazole rings is 1. The first-order chi connectivity index (χ1) is 13.3. The molecule has 1 aliphatic heterocycles. The standard InChI is InChI=1S/C19H19N7O/c1-11-3-2-4-13-9-15(24-26(11)13)17-16-14(20-10-21-16)7-8-25(17)19-23-22-18(27-19)12-5-6-12/h2-4,9-10,12,17H,5-8H2,1H3,(H,20,21). The second-order valence-corrected chi connectivity index (χ2v) is 7.38. The van der Waals surface area contributed by atoms with Crippen LogP contribution in [0.25, 0.3) is 5.52 Å². The smallest absolute Gasteiger partial charge is 0.319 e. The van der Waals surface area contributed by atoms with E-state index < -0.39 is 0 Å². The van der Waals surface area contributed by atoms with Crippen molar-refractivity contribution in [2.24, 2.45) is 0 Å². The summed E-state index contributed by atoms with van der Waals surface area (Å²) in [5, 5.41) is 13.5. The molecular formula is C19H19N7O. The summed E-state index contributed by atoms with van der Waals surface area (Å²) in [5.41, 5.74) is 5.22. The van der Waals surface area contributed by atoms with E-state index in [9.17, 15) is 0 Å². The third-order valence-electron chi connectivity index (χ3n) is 5.50. The van der Waals surface area contributed by atoms with E-state index in [0.717, 1.165) is 60.0 Å². The van der Waals surface area contributed by atoms with Crippen molar-refractivity contribution in [2.45, 2.75) is 38.1 Å². The van der Waals surface area contributed by atoms with Gasteiger partial charge in [-0.3, -0.25) is 0 Å². The third-order valence-corrected chi connectivity index (χ3v) is 5.50. The van der Waals surface area contributed by atoms with Crippen LogP contribution in [-0.2, 0) is 6.42 Å². The molecule has 1 saturated carbocycles. The van der Waals surface area contributed by atoms with Gasteiger partial charge in [-0.1, -0.05) is 11.2 Å². The fourth-order valence-corrected chi connectivity index (χ4v) is 3.93. The zero-order chi connectivity index (χ0) is 18.0. The molecule has 8 nitrogen and oxygen atoms in total. The molecule has 2 aliphatic rings. The Morgan fingerprint density at radius 3 is 3.00 bits per heavy atom. The van der Waals surface area contributed by atoms with Gasteiger partial charge in [-0.05, 0) is 38.0 Å². The lowest BCUT2D eigenvalue weighted by molar-refractivity contribution is 0.463. The lowest BCUT2D eigenvalue weighted by Crippen LogP contribution is -2.37. The van der Waals surface area contributed by atoms with Crippen molar-refractivity contribution in [1.29, 1.82) is 0 Å². The number of fused-ring (bicyclic) bond motifs is 2. The number of H-pyrrole nitrogens is 1. The quantitative estimate of drug-likeness (QED) is 0.604. The van der Waals surface area contributed by atoms with Gasteiger partial charge in [0.1, 0.15) is 6.04 Å². The van der Waals surface area contributed by atoms with E-state index in [0.29, 0.717) is 11.9 Å². The second-order valence-electron chi connectivity index (χ2n) is 7.38. The van der Waals surface area contributed by atoms with Crippen LogP contribution >= 0.6 is 0 Å². The van der Waals surface area contributed by atoms with Crippen LogP contribution in [0.1, 0.15) is 53.5 Å². The van der Waals surface area contributed by atoms with Gasteiger partial charge in [0.2, 0.25) is 5.89 Å². The molecule has 1 unspecified atom stereocenters. The summed E-state index contributed by atoms with van der Waals surface area (Å²) in [5.74, 6) is 1.19. The molecule has 6 rings (SSSR count). The topological polar surface area (TPSA) is 88.1 Å². The minimum atomic E-state index is -0.146. The van der Waals surface area contributed by atoms with Crippen molar-refractivity contribution in [2.75, 3.05) is 11.4 Å². The molecule has 1 atom stereocenters. The molecule has 5 heterocycles. The molecule has 1 aliphatic carbocycles. The van der Waals surface area contributed by atoms with Gasteiger partial charge in [-0.15, -0.1) is 5.10 Å². The Morgan fingerprint density at radius 2 is 2.15 bits per heavy atom. The summed E-state index contributed by atoms with van der Waals surface area (Å²) in [7, 11) is 0. The molecule has 0 saturated heterocycles. The van der Waals surface area contributed by atoms with Crippen LogP contribution < -0.4 is 4.90 Å². The highest BCUT2D eigenvalue weighted by Crippen LogP contribution is 2.42. The lowest BCUT2D eigenvalue weighted by Gasteiger charge is -2.32. The number of nitrogens with zero attached hydrogens (tertiary/aromatic N) is 6. The van der Waals surface area contributed by atoms with Crippen molar-refractivity contribution >= 4 is 11.5 Å². The number of rotatable bonds is 3. The molecule has 136 valence electrons. The Bertz CT molecular complexity index is 1140. The lowest BCUT2D eigenvalue weighted by atomic mass is 10.0. The van der Waals surface area contributed by atoms with Crippen molar-refractivity contribution in [3.8, 4) is 0 Å². The average Bonchev–Trinajstić information content (AvgIpc) is 3.11. The van der Waals surface area contributed by atoms with E-state index in [2.05, 4.69) is 56.3 Å². The first-order valence-electron chi connectivity index (χ1n) is 9.35. The predicted octanol–water partition coefficient (Wildman–Crippen LogP) is 2.78. The highest BCUT2D eigenvalue weighted by Gasteiger charge is 2.37. The first kappa shape index (κ1) is 15.0. The van der Waals surface area contributed by atoms with Crippen molar-refractivity contribution < 1.29 is 4.42 Å². The van der Waals surface area contributed by atoms with Gasteiger partial charge in [-0.25, -0.2) is 9.50 Å². The SMILES string of the molecule is Cc1cccc2cc(C3c4nc[nH]c4CCN3c3nnc(C4CC4)o3)nn12. The molecule has 0 radical (unpaired) electrons. The van der Waals surface area contributed by atoms with E-state index in [-0.39, 0.29) is 6.04 Å². The number of pyridine rings is 1. The van der Waals surface area contributed by atoms with Crippen LogP contribution in [0.3, 0.4) is 0 Å². The van der Waals surface area contributed by atoms with Gasteiger partial charge in [0.15, 0.2) is 0 Å². The molecule has 4 aromatic rings. The van der Waals surface area contributed by atoms with E-state index in [1.54, 1.807) is 6.33 Å². The minimum absolute atomic E-state index is 0.146. The maximum atomic E-state index is 6.02. The van der Waals surface area contributed by atoms with Crippen LogP contribution in [0.15, 0.2) is 35.0 Å². The van der Waals surface area contributed by atoms with Gasteiger partial charge in [0.05, 0.1) is 23.2 Å². The van der Waals surface area contributed by atoms with Crippen LogP contribution in [0, 0.1) is 6.92 Å². The number of nitrogens with one attached hydrogen (secondary N) is 1. The summed E-state index contributed by atoms with van der Waals surface area (Å²) >= 11 is 0. The Hall–Kier alpha value is -3.16. The van der Waals surface area contributed by atoms with E-state index in [1.807, 2.05) is 4.52 Å². The summed E-state index contributed by atoms with van der Waals surface area (Å²) in [6.07, 6.45) is 4.89. The zero-order valence-electron chi connectivity index (χ0n) is 15.0. The number of hydrogen-bond donors (Lipinski definition) is 1. The number of aromatic nitrogens is 6. The Labute approximate surface area is 155 Å². The van der Waals surface area contributed by atoms with Crippen molar-refractivity contribution in [3.05, 3.63) is 59.3 Å². The van der Waals surface area contributed by atoms with Gasteiger partial charge >= 0.3 is 6.01 Å². The molecule has 1 N–H and O–H groups in total. The normalized spacial score (nSPS) is 19.6. The maximum absolute atomic E-state index is 6.02. The molecule has 4 aromatic heterocycles. The molecule has 0 bridgehead atoms. The van der Waals surface area contributed by atoms with Gasteiger partial charge < -0.3 is 14.3 Å². The van der Waals surface area contributed by atoms with Gasteiger partial charge in [0, 0.05) is 30.3 Å². The van der Waals surface area contributed by atoms with Crippen LogP contribution in [0.5, 0.6) is 0 Å². The summed E-state index contributed by atoms with van der Waals surface area (Å²) in [6.45, 7) is 2.83. The zero-order valence-corrected chi connectivity index (χ0v) is 15.0. The molecule has 0 aromatic carbocycles. The second kappa shape index (κ2) is 5.42. The van der Waals surface area contributed by atoms with Crippen LogP contribution in [-0.4, -0.2) is 36.3 Å². The highest BCUT2D eigenvalue weighted by molar-refractivity contribution is 5.52. The Balaban J connectivity index is 1.49. The Morgan fingerprint density at radius 1 is 1.22 bits per heavy atom. The van der Waals surface area contributed by atoms with Crippen LogP contribution in [0.2, 0.25) is 0 Å². The molecule has 0 spiro atoms. The molecule has 0 amide bonds. The molecule has 8 heteroatoms. The number of aromatic amines is 1. The largest absolute Gasteiger partial charge is 0.408 e. The van der Waals surface area contributed by atoms with Gasteiger partial charge in [0.25, 0.3) is 0 Å². The molecule has 1 fully saturated rings. The van der Waals surface area contributed by atoms with Crippen LogP contribution in [0.4, 0.5) is 6.01 Å². The summed E-state index contributed by atoms with van der Waals surface area (Å²) in [6, 6.07) is 8.71. The van der Waals surface area contributed by atoms with Crippen molar-refractivity contribution in [3.63, 3.8) is 0 Å². The van der Waals surface area contributed by atoms with Crippen molar-refractivity contribution in [1.82, 2.24) is 29.8 Å². The number of aryl methyl sites for hydroxylation is 1. The maximum Gasteiger partial charge on any atom is 0.319 e. The highest BCUT2D eigenvalue weighted by atomic mass is 16.4. The van der Waals surface area contributed by atoms with Gasteiger partial charge in [-0.2, -0.15) is 5.10 Å².